The summed E-state index contributed by atoms with van der Waals surface area (Å²) < 4.78 is 12.4. The molecule has 0 amide bonds. The van der Waals surface area contributed by atoms with E-state index in [-0.39, 0.29) is 12.4 Å². The topological polar surface area (TPSA) is 38.7 Å². The first-order chi connectivity index (χ1) is 14.8. The van der Waals surface area contributed by atoms with E-state index in [1.807, 2.05) is 6.92 Å². The van der Waals surface area contributed by atoms with Crippen LogP contribution >= 0.6 is 0 Å². The molecule has 1 fully saturated rings. The van der Waals surface area contributed by atoms with Gasteiger partial charge in [0.25, 0.3) is 0 Å². The van der Waals surface area contributed by atoms with Crippen molar-refractivity contribution in [2.45, 2.75) is 98.4 Å². The maximum atomic E-state index is 9.68. The number of hydrogen-bond donors (Lipinski definition) is 1. The Balaban J connectivity index is 1.53. The summed E-state index contributed by atoms with van der Waals surface area (Å²) >= 11 is 0. The smallest absolute Gasteiger partial charge is 0.196 e. The summed E-state index contributed by atoms with van der Waals surface area (Å²) in [6, 6.07) is 0. The molecule has 0 saturated heterocycles. The highest BCUT2D eigenvalue weighted by atomic mass is 16.7. The summed E-state index contributed by atoms with van der Waals surface area (Å²) in [7, 11) is 0. The summed E-state index contributed by atoms with van der Waals surface area (Å²) in [6.07, 6.45) is 17.8. The van der Waals surface area contributed by atoms with Crippen LogP contribution < -0.4 is 0 Å². The number of hydrogen-bond acceptors (Lipinski definition) is 3. The van der Waals surface area contributed by atoms with E-state index in [0.717, 1.165) is 50.9 Å². The number of fused-ring (bicyclic) bond motifs is 1. The van der Waals surface area contributed by atoms with Gasteiger partial charge in [0.1, 0.15) is 5.76 Å². The lowest BCUT2D eigenvalue weighted by atomic mass is 9.67. The fourth-order valence-electron chi connectivity index (χ4n) is 5.82. The average molecular weight is 431 g/mol. The molecule has 4 atom stereocenters. The zero-order valence-corrected chi connectivity index (χ0v) is 20.6. The highest BCUT2D eigenvalue weighted by Gasteiger charge is 2.36. The maximum Gasteiger partial charge on any atom is 0.196 e. The summed E-state index contributed by atoms with van der Waals surface area (Å²) in [5.74, 6) is 4.76. The second-order valence-corrected chi connectivity index (χ2v) is 10.9. The van der Waals surface area contributed by atoms with Gasteiger partial charge in [0, 0.05) is 5.92 Å². The molecule has 31 heavy (non-hydrogen) atoms. The Morgan fingerprint density at radius 3 is 2.45 bits per heavy atom. The quantitative estimate of drug-likeness (QED) is 0.378. The van der Waals surface area contributed by atoms with Crippen LogP contribution in [0.3, 0.4) is 0 Å². The zero-order valence-electron chi connectivity index (χ0n) is 20.6. The van der Waals surface area contributed by atoms with Gasteiger partial charge in [0.05, 0.1) is 12.7 Å². The number of aliphatic hydroxyl groups is 1. The molecule has 0 radical (unpaired) electrons. The Kier molecular flexibility index (Phi) is 9.28. The van der Waals surface area contributed by atoms with Gasteiger partial charge in [0.2, 0.25) is 0 Å². The molecular formula is C28H46O3. The van der Waals surface area contributed by atoms with Gasteiger partial charge in [-0.3, -0.25) is 0 Å². The molecule has 3 nitrogen and oxygen atoms in total. The summed E-state index contributed by atoms with van der Waals surface area (Å²) in [6.45, 7) is 12.2. The van der Waals surface area contributed by atoms with Crippen LogP contribution in [0.15, 0.2) is 35.6 Å². The van der Waals surface area contributed by atoms with E-state index >= 15 is 0 Å². The molecule has 0 bridgehead atoms. The molecule has 0 heterocycles. The minimum atomic E-state index is -0.210. The third kappa shape index (κ3) is 6.96. The van der Waals surface area contributed by atoms with Gasteiger partial charge in [-0.25, -0.2) is 0 Å². The Morgan fingerprint density at radius 2 is 1.77 bits per heavy atom. The Bertz CT molecular complexity index is 637. The van der Waals surface area contributed by atoms with Crippen LogP contribution in [-0.2, 0) is 9.47 Å². The molecule has 0 aromatic heterocycles. The van der Waals surface area contributed by atoms with E-state index in [1.54, 1.807) is 5.57 Å². The lowest BCUT2D eigenvalue weighted by Crippen LogP contribution is -2.31. The molecule has 3 rings (SSSR count). The van der Waals surface area contributed by atoms with Crippen LogP contribution in [0.25, 0.3) is 0 Å². The van der Waals surface area contributed by atoms with Crippen molar-refractivity contribution in [2.75, 3.05) is 6.61 Å². The third-order valence-corrected chi connectivity index (χ3v) is 7.58. The van der Waals surface area contributed by atoms with Gasteiger partial charge in [-0.05, 0) is 94.0 Å². The van der Waals surface area contributed by atoms with Crippen molar-refractivity contribution in [1.29, 1.82) is 0 Å². The Labute approximate surface area is 191 Å². The molecule has 1 saturated carbocycles. The second kappa shape index (κ2) is 11.7. The van der Waals surface area contributed by atoms with Gasteiger partial charge < -0.3 is 14.6 Å². The SMILES string of the molecule is CC(C)CC(C1=CC=CC2C(OC(C)OCCC3CCC(O)CC3)=CCCC12)C(C)C. The minimum absolute atomic E-state index is 0.0797. The number of allylic oxidation sites excluding steroid dienone is 5. The highest BCUT2D eigenvalue weighted by Crippen LogP contribution is 2.45. The Hall–Kier alpha value is -1.06. The molecule has 1 N–H and O–H groups in total. The molecule has 0 spiro atoms. The number of aliphatic hydroxyl groups excluding tert-OH is 1. The third-order valence-electron chi connectivity index (χ3n) is 7.58. The first-order valence-corrected chi connectivity index (χ1v) is 12.9. The average Bonchev–Trinajstić information content (AvgIpc) is 2.73. The summed E-state index contributed by atoms with van der Waals surface area (Å²) in [5, 5.41) is 9.68. The van der Waals surface area contributed by atoms with E-state index in [4.69, 9.17) is 9.47 Å². The molecule has 3 heteroatoms. The van der Waals surface area contributed by atoms with E-state index < -0.39 is 0 Å². The number of rotatable bonds is 10. The Morgan fingerprint density at radius 1 is 1.03 bits per heavy atom. The second-order valence-electron chi connectivity index (χ2n) is 10.9. The predicted molar refractivity (Wildman–Crippen MR) is 128 cm³/mol. The molecular weight excluding hydrogens is 384 g/mol. The van der Waals surface area contributed by atoms with Crippen molar-refractivity contribution >= 4 is 0 Å². The first kappa shape index (κ1) is 24.6. The van der Waals surface area contributed by atoms with Crippen molar-refractivity contribution in [3.63, 3.8) is 0 Å². The van der Waals surface area contributed by atoms with Gasteiger partial charge >= 0.3 is 0 Å². The van der Waals surface area contributed by atoms with E-state index in [2.05, 4.69) is 52.0 Å². The van der Waals surface area contributed by atoms with Crippen molar-refractivity contribution < 1.29 is 14.6 Å². The van der Waals surface area contributed by atoms with Crippen molar-refractivity contribution in [3.05, 3.63) is 35.6 Å². The van der Waals surface area contributed by atoms with Gasteiger partial charge in [-0.1, -0.05) is 51.5 Å². The van der Waals surface area contributed by atoms with Gasteiger partial charge in [0.15, 0.2) is 6.29 Å². The van der Waals surface area contributed by atoms with Crippen molar-refractivity contribution in [1.82, 2.24) is 0 Å². The normalized spacial score (nSPS) is 30.6. The van der Waals surface area contributed by atoms with Gasteiger partial charge in [-0.2, -0.15) is 0 Å². The molecule has 3 aliphatic carbocycles. The molecule has 4 unspecified atom stereocenters. The standard InChI is InChI=1S/C28H46O3/c1-19(2)18-27(20(3)4)25-8-6-10-26-24(25)9-7-11-28(26)31-21(5)30-17-16-22-12-14-23(29)15-13-22/h6,8,10-11,19-24,26-27,29H,7,9,12-18H2,1-5H3. The van der Waals surface area contributed by atoms with Crippen LogP contribution in [0.4, 0.5) is 0 Å². The fourth-order valence-corrected chi connectivity index (χ4v) is 5.82. The minimum Gasteiger partial charge on any atom is -0.469 e. The monoisotopic (exact) mass is 430 g/mol. The van der Waals surface area contributed by atoms with Crippen molar-refractivity contribution in [3.8, 4) is 0 Å². The zero-order chi connectivity index (χ0) is 22.4. The van der Waals surface area contributed by atoms with E-state index in [0.29, 0.717) is 35.5 Å². The molecule has 3 aliphatic rings. The highest BCUT2D eigenvalue weighted by molar-refractivity contribution is 5.31. The lowest BCUT2D eigenvalue weighted by Gasteiger charge is -2.39. The van der Waals surface area contributed by atoms with Crippen LogP contribution in [0.5, 0.6) is 0 Å². The van der Waals surface area contributed by atoms with Crippen LogP contribution in [0.2, 0.25) is 0 Å². The largest absolute Gasteiger partial charge is 0.469 e. The maximum absolute atomic E-state index is 9.68. The molecule has 0 aromatic carbocycles. The van der Waals surface area contributed by atoms with E-state index in [1.165, 1.54) is 12.8 Å². The summed E-state index contributed by atoms with van der Waals surface area (Å²) in [5.41, 5.74) is 1.64. The first-order valence-electron chi connectivity index (χ1n) is 12.9. The molecule has 0 aliphatic heterocycles. The van der Waals surface area contributed by atoms with E-state index in [9.17, 15) is 5.11 Å². The van der Waals surface area contributed by atoms with Crippen molar-refractivity contribution in [2.24, 2.45) is 35.5 Å². The molecule has 176 valence electrons. The van der Waals surface area contributed by atoms with Gasteiger partial charge in [-0.15, -0.1) is 0 Å². The number of ether oxygens (including phenoxy) is 2. The van der Waals surface area contributed by atoms with Crippen LogP contribution in [0.1, 0.15) is 86.0 Å². The van der Waals surface area contributed by atoms with Crippen LogP contribution in [-0.4, -0.2) is 24.1 Å². The fraction of sp³-hybridized carbons (Fsp3) is 0.786. The molecule has 0 aromatic rings. The lowest BCUT2D eigenvalue weighted by molar-refractivity contribution is -0.114. The predicted octanol–water partition coefficient (Wildman–Crippen LogP) is 7.03. The van der Waals surface area contributed by atoms with Crippen LogP contribution in [0, 0.1) is 35.5 Å². The summed E-state index contributed by atoms with van der Waals surface area (Å²) in [4.78, 5) is 0.